The highest BCUT2D eigenvalue weighted by Crippen LogP contribution is 2.29. The summed E-state index contributed by atoms with van der Waals surface area (Å²) in [5.74, 6) is 0.451. The van der Waals surface area contributed by atoms with Crippen molar-refractivity contribution < 1.29 is 9.59 Å². The van der Waals surface area contributed by atoms with Crippen molar-refractivity contribution in [3.63, 3.8) is 0 Å². The topological polar surface area (TPSA) is 61.7 Å². The molecule has 24 heavy (non-hydrogen) atoms. The molecule has 0 aromatic carbocycles. The lowest BCUT2D eigenvalue weighted by Gasteiger charge is -2.43. The van der Waals surface area contributed by atoms with E-state index in [0.29, 0.717) is 12.5 Å². The molecule has 2 amide bonds. The lowest BCUT2D eigenvalue weighted by Crippen LogP contribution is -2.57. The second kappa shape index (κ2) is 6.20. The van der Waals surface area contributed by atoms with Crippen LogP contribution in [0.15, 0.2) is 12.4 Å². The molecule has 7 heteroatoms. The van der Waals surface area contributed by atoms with Gasteiger partial charge in [-0.15, -0.1) is 0 Å². The first-order valence-corrected chi connectivity index (χ1v) is 8.97. The van der Waals surface area contributed by atoms with Crippen LogP contribution in [0.2, 0.25) is 0 Å². The lowest BCUT2D eigenvalue weighted by molar-refractivity contribution is -0.137. The van der Waals surface area contributed by atoms with Gasteiger partial charge in [-0.1, -0.05) is 0 Å². The van der Waals surface area contributed by atoms with E-state index in [9.17, 15) is 9.59 Å². The van der Waals surface area contributed by atoms with Crippen LogP contribution in [-0.4, -0.2) is 70.7 Å². The number of rotatable bonds is 3. The van der Waals surface area contributed by atoms with Crippen LogP contribution in [0, 0.1) is 0 Å². The molecule has 0 aliphatic carbocycles. The number of carbonyl (C=O) groups excluding carboxylic acids is 2. The third kappa shape index (κ3) is 2.70. The number of nitrogens with zero attached hydrogens (tertiary/aromatic N) is 5. The van der Waals surface area contributed by atoms with Gasteiger partial charge in [0.1, 0.15) is 0 Å². The van der Waals surface area contributed by atoms with Gasteiger partial charge in [0, 0.05) is 45.8 Å². The van der Waals surface area contributed by atoms with Crippen LogP contribution in [-0.2, 0) is 9.59 Å². The predicted molar refractivity (Wildman–Crippen MR) is 89.7 cm³/mol. The van der Waals surface area contributed by atoms with Gasteiger partial charge in [-0.25, -0.2) is 0 Å². The second-order valence-electron chi connectivity index (χ2n) is 7.21. The van der Waals surface area contributed by atoms with Gasteiger partial charge in [0.15, 0.2) is 0 Å². The zero-order valence-electron chi connectivity index (χ0n) is 14.2. The highest BCUT2D eigenvalue weighted by Gasteiger charge is 2.39. The maximum Gasteiger partial charge on any atom is 0.239 e. The molecule has 7 nitrogen and oxygen atoms in total. The number of likely N-dealkylation sites (tertiary alicyclic amines) is 2. The van der Waals surface area contributed by atoms with Crippen molar-refractivity contribution >= 4 is 17.5 Å². The van der Waals surface area contributed by atoms with Crippen molar-refractivity contribution in [2.45, 2.75) is 44.2 Å². The highest BCUT2D eigenvalue weighted by atomic mass is 16.2. The smallest absolute Gasteiger partial charge is 0.239 e. The van der Waals surface area contributed by atoms with E-state index < -0.39 is 0 Å². The molecule has 4 heterocycles. The predicted octanol–water partition coefficient (Wildman–Crippen LogP) is 0.877. The number of amides is 2. The van der Waals surface area contributed by atoms with E-state index in [0.717, 1.165) is 57.5 Å². The quantitative estimate of drug-likeness (QED) is 0.825. The van der Waals surface area contributed by atoms with Gasteiger partial charge in [-0.3, -0.25) is 19.2 Å². The molecule has 130 valence electrons. The van der Waals surface area contributed by atoms with Crippen LogP contribution in [0.4, 0.5) is 5.69 Å². The third-order valence-corrected chi connectivity index (χ3v) is 5.56. The van der Waals surface area contributed by atoms with Gasteiger partial charge in [0.2, 0.25) is 11.8 Å². The fraction of sp³-hybridized carbons (Fsp3) is 0.706. The molecular formula is C17H25N5O2. The summed E-state index contributed by atoms with van der Waals surface area (Å²) in [5, 5.41) is 4.45. The Hall–Kier alpha value is -1.89. The zero-order chi connectivity index (χ0) is 16.7. The summed E-state index contributed by atoms with van der Waals surface area (Å²) in [6, 6.07) is 0.335. The molecule has 1 aromatic rings. The molecule has 1 unspecified atom stereocenters. The van der Waals surface area contributed by atoms with E-state index in [4.69, 9.17) is 0 Å². The molecule has 0 N–H and O–H groups in total. The summed E-state index contributed by atoms with van der Waals surface area (Å²) >= 11 is 0. The van der Waals surface area contributed by atoms with Crippen LogP contribution in [0.5, 0.6) is 0 Å². The van der Waals surface area contributed by atoms with Crippen molar-refractivity contribution in [1.29, 1.82) is 0 Å². The first-order valence-electron chi connectivity index (χ1n) is 8.97. The van der Waals surface area contributed by atoms with Crippen molar-refractivity contribution in [2.24, 2.45) is 0 Å². The van der Waals surface area contributed by atoms with E-state index in [2.05, 4.69) is 10.00 Å². The standard InChI is InChI=1S/C17H25N5O2/c1-19-7-3-2-5-15(17(19)24)20-10-14(11-20)22-12-13(9-18-22)21-8-4-6-16(21)23/h9,12,14-15H,2-8,10-11H2,1H3. The number of hydrogen-bond donors (Lipinski definition) is 0. The number of hydrogen-bond acceptors (Lipinski definition) is 4. The van der Waals surface area contributed by atoms with Crippen molar-refractivity contribution in [3.8, 4) is 0 Å². The number of carbonyl (C=O) groups is 2. The first-order chi connectivity index (χ1) is 11.6. The number of anilines is 1. The average molecular weight is 331 g/mol. The van der Waals surface area contributed by atoms with Crippen molar-refractivity contribution in [1.82, 2.24) is 19.6 Å². The Morgan fingerprint density at radius 2 is 1.96 bits per heavy atom. The van der Waals surface area contributed by atoms with E-state index >= 15 is 0 Å². The van der Waals surface area contributed by atoms with E-state index in [1.54, 1.807) is 6.20 Å². The molecule has 0 bridgehead atoms. The molecule has 3 fully saturated rings. The van der Waals surface area contributed by atoms with Crippen LogP contribution in [0.25, 0.3) is 0 Å². The number of likely N-dealkylation sites (N-methyl/N-ethyl adjacent to an activating group) is 1. The van der Waals surface area contributed by atoms with Crippen LogP contribution in [0.1, 0.15) is 38.1 Å². The van der Waals surface area contributed by atoms with E-state index in [-0.39, 0.29) is 17.9 Å². The van der Waals surface area contributed by atoms with Gasteiger partial charge in [0.05, 0.1) is 24.0 Å². The van der Waals surface area contributed by atoms with Crippen molar-refractivity contribution in [3.05, 3.63) is 12.4 Å². The number of aromatic nitrogens is 2. The van der Waals surface area contributed by atoms with Crippen molar-refractivity contribution in [2.75, 3.05) is 38.1 Å². The molecule has 0 radical (unpaired) electrons. The summed E-state index contributed by atoms with van der Waals surface area (Å²) in [6.45, 7) is 3.39. The average Bonchev–Trinajstić information content (AvgIpc) is 3.12. The first kappa shape index (κ1) is 15.6. The van der Waals surface area contributed by atoms with Gasteiger partial charge in [-0.05, 0) is 25.7 Å². The Morgan fingerprint density at radius 1 is 1.12 bits per heavy atom. The summed E-state index contributed by atoms with van der Waals surface area (Å²) in [7, 11) is 1.91. The normalized spacial score (nSPS) is 26.8. The van der Waals surface area contributed by atoms with Gasteiger partial charge < -0.3 is 9.80 Å². The Kier molecular flexibility index (Phi) is 4.04. The largest absolute Gasteiger partial charge is 0.344 e. The molecule has 3 saturated heterocycles. The monoisotopic (exact) mass is 331 g/mol. The molecular weight excluding hydrogens is 306 g/mol. The molecule has 1 atom stereocenters. The molecule has 4 rings (SSSR count). The maximum absolute atomic E-state index is 12.5. The Balaban J connectivity index is 1.38. The summed E-state index contributed by atoms with van der Waals surface area (Å²) in [5.41, 5.74) is 0.904. The fourth-order valence-electron chi connectivity index (χ4n) is 4.01. The zero-order valence-corrected chi connectivity index (χ0v) is 14.2. The lowest BCUT2D eigenvalue weighted by atomic mass is 10.0. The molecule has 0 saturated carbocycles. The summed E-state index contributed by atoms with van der Waals surface area (Å²) in [4.78, 5) is 30.3. The SMILES string of the molecule is CN1CCCCC(N2CC(n3cc(N4CCCC4=O)cn3)C2)C1=O. The van der Waals surface area contributed by atoms with Crippen LogP contribution >= 0.6 is 0 Å². The minimum atomic E-state index is 0.0314. The van der Waals surface area contributed by atoms with Crippen LogP contribution in [0.3, 0.4) is 0 Å². The summed E-state index contributed by atoms with van der Waals surface area (Å²) < 4.78 is 1.96. The fourth-order valence-corrected chi connectivity index (χ4v) is 4.01. The third-order valence-electron chi connectivity index (χ3n) is 5.56. The molecule has 0 spiro atoms. The molecule has 3 aliphatic rings. The van der Waals surface area contributed by atoms with Gasteiger partial charge >= 0.3 is 0 Å². The Bertz CT molecular complexity index is 637. The van der Waals surface area contributed by atoms with E-state index in [1.165, 1.54) is 0 Å². The highest BCUT2D eigenvalue weighted by molar-refractivity contribution is 5.95. The van der Waals surface area contributed by atoms with E-state index in [1.807, 2.05) is 27.7 Å². The molecule has 3 aliphatic heterocycles. The Labute approximate surface area is 142 Å². The minimum Gasteiger partial charge on any atom is -0.344 e. The van der Waals surface area contributed by atoms with Gasteiger partial charge in [-0.2, -0.15) is 5.10 Å². The van der Waals surface area contributed by atoms with Gasteiger partial charge in [0.25, 0.3) is 0 Å². The maximum atomic E-state index is 12.5. The van der Waals surface area contributed by atoms with Crippen LogP contribution < -0.4 is 4.90 Å². The molecule has 1 aromatic heterocycles. The second-order valence-corrected chi connectivity index (χ2v) is 7.21. The summed E-state index contributed by atoms with van der Waals surface area (Å²) in [6.07, 6.45) is 8.51. The minimum absolute atomic E-state index is 0.0314. The Morgan fingerprint density at radius 3 is 2.71 bits per heavy atom.